The molecule has 4 aromatic carbocycles. The zero-order valence-electron chi connectivity index (χ0n) is 22.7. The third-order valence-electron chi connectivity index (χ3n) is 7.17. The summed E-state index contributed by atoms with van der Waals surface area (Å²) < 4.78 is 26.4. The molecular formula is C36H32O4S. The normalized spacial score (nSPS) is 24.2. The topological polar surface area (TPSA) is 36.9 Å². The molecular weight excluding hydrogens is 528 g/mol. The lowest BCUT2D eigenvalue weighted by molar-refractivity contribution is -0.196. The zero-order valence-corrected chi connectivity index (χ0v) is 23.5. The van der Waals surface area contributed by atoms with Gasteiger partial charge in [0.05, 0.1) is 19.1 Å². The van der Waals surface area contributed by atoms with E-state index in [0.29, 0.717) is 19.8 Å². The molecule has 0 amide bonds. The fourth-order valence-corrected chi connectivity index (χ4v) is 6.30. The van der Waals surface area contributed by atoms with Crippen LogP contribution in [-0.4, -0.2) is 30.4 Å². The van der Waals surface area contributed by atoms with E-state index in [1.165, 1.54) is 0 Å². The van der Waals surface area contributed by atoms with Crippen LogP contribution in [0, 0.1) is 17.8 Å². The van der Waals surface area contributed by atoms with Crippen molar-refractivity contribution >= 4 is 11.8 Å². The summed E-state index contributed by atoms with van der Waals surface area (Å²) in [5, 5.41) is 0. The molecule has 0 radical (unpaired) electrons. The number of rotatable bonds is 8. The van der Waals surface area contributed by atoms with Crippen LogP contribution in [0.1, 0.15) is 16.7 Å². The van der Waals surface area contributed by atoms with Gasteiger partial charge in [-0.15, -0.1) is 0 Å². The molecule has 2 aliphatic heterocycles. The smallest absolute Gasteiger partial charge is 0.136 e. The average Bonchev–Trinajstić information content (AvgIpc) is 3.43. The minimum absolute atomic E-state index is 0.141. The van der Waals surface area contributed by atoms with Crippen LogP contribution < -0.4 is 0 Å². The van der Waals surface area contributed by atoms with Crippen molar-refractivity contribution in [1.82, 2.24) is 0 Å². The number of benzene rings is 4. The Kier molecular flexibility index (Phi) is 9.16. The summed E-state index contributed by atoms with van der Waals surface area (Å²) in [4.78, 5) is 1.12. The predicted octanol–water partition coefficient (Wildman–Crippen LogP) is 7.26. The second-order valence-electron chi connectivity index (χ2n) is 10.0. The Morgan fingerprint density at radius 2 is 1.27 bits per heavy atom. The van der Waals surface area contributed by atoms with Crippen molar-refractivity contribution < 1.29 is 18.9 Å². The van der Waals surface area contributed by atoms with E-state index in [0.717, 1.165) is 27.3 Å². The van der Waals surface area contributed by atoms with Gasteiger partial charge < -0.3 is 18.9 Å². The summed E-state index contributed by atoms with van der Waals surface area (Å²) in [5.74, 6) is 7.06. The molecule has 41 heavy (non-hydrogen) atoms. The number of ether oxygens (including phenoxy) is 4. The van der Waals surface area contributed by atoms with Gasteiger partial charge >= 0.3 is 0 Å². The number of hydrogen-bond donors (Lipinski definition) is 0. The first kappa shape index (κ1) is 27.4. The van der Waals surface area contributed by atoms with Crippen LogP contribution in [-0.2, 0) is 32.2 Å². The Hall–Kier alpha value is -3.79. The monoisotopic (exact) mass is 560 g/mol. The molecule has 2 aliphatic rings. The van der Waals surface area contributed by atoms with E-state index in [2.05, 4.69) is 48.2 Å². The molecule has 206 valence electrons. The van der Waals surface area contributed by atoms with E-state index in [4.69, 9.17) is 18.9 Å². The van der Waals surface area contributed by atoms with Crippen LogP contribution in [0.3, 0.4) is 0 Å². The van der Waals surface area contributed by atoms with Gasteiger partial charge in [-0.25, -0.2) is 0 Å². The Morgan fingerprint density at radius 3 is 1.90 bits per heavy atom. The third kappa shape index (κ3) is 7.11. The van der Waals surface area contributed by atoms with Crippen LogP contribution in [0.2, 0.25) is 0 Å². The van der Waals surface area contributed by atoms with Gasteiger partial charge in [-0.05, 0) is 35.4 Å². The molecule has 4 aromatic rings. The van der Waals surface area contributed by atoms with Crippen LogP contribution in [0.5, 0.6) is 0 Å². The van der Waals surface area contributed by atoms with Gasteiger partial charge in [0, 0.05) is 16.5 Å². The largest absolute Gasteiger partial charge is 0.494 e. The molecule has 0 aromatic heterocycles. The van der Waals surface area contributed by atoms with Crippen molar-refractivity contribution in [1.29, 1.82) is 0 Å². The van der Waals surface area contributed by atoms with Gasteiger partial charge in [0.15, 0.2) is 0 Å². The van der Waals surface area contributed by atoms with E-state index >= 15 is 0 Å². The predicted molar refractivity (Wildman–Crippen MR) is 162 cm³/mol. The van der Waals surface area contributed by atoms with Crippen molar-refractivity contribution in [3.63, 3.8) is 0 Å². The van der Waals surface area contributed by atoms with E-state index in [1.807, 2.05) is 91.0 Å². The lowest BCUT2D eigenvalue weighted by Crippen LogP contribution is -2.54. The van der Waals surface area contributed by atoms with Crippen molar-refractivity contribution in [2.75, 3.05) is 6.61 Å². The first-order valence-electron chi connectivity index (χ1n) is 13.9. The highest BCUT2D eigenvalue weighted by atomic mass is 32.2. The highest BCUT2D eigenvalue weighted by molar-refractivity contribution is 7.99. The molecule has 5 atom stereocenters. The Labute approximate surface area is 246 Å². The van der Waals surface area contributed by atoms with Crippen LogP contribution in [0.25, 0.3) is 0 Å². The highest BCUT2D eigenvalue weighted by Crippen LogP contribution is 2.44. The number of thioether (sulfide) groups is 1. The van der Waals surface area contributed by atoms with Gasteiger partial charge in [-0.1, -0.05) is 121 Å². The number of hydrogen-bond acceptors (Lipinski definition) is 5. The summed E-state index contributed by atoms with van der Waals surface area (Å²) in [5.41, 5.74) is 2.89. The molecule has 2 heterocycles. The van der Waals surface area contributed by atoms with Crippen molar-refractivity contribution in [3.8, 4) is 11.8 Å². The SMILES string of the molecule is C(#Cc1ccccc1)/C=C1\OC[C@H]2O[C@H](Sc3ccccc3)[C@H](OCc3ccccc3)[C@@H](OCc3ccccc3)[C@@H]12. The highest BCUT2D eigenvalue weighted by Gasteiger charge is 2.53. The van der Waals surface area contributed by atoms with Gasteiger partial charge in [0.1, 0.15) is 36.1 Å². The molecule has 6 rings (SSSR count). The van der Waals surface area contributed by atoms with Gasteiger partial charge in [-0.3, -0.25) is 0 Å². The lowest BCUT2D eigenvalue weighted by Gasteiger charge is -2.43. The van der Waals surface area contributed by atoms with Crippen LogP contribution in [0.4, 0.5) is 0 Å². The van der Waals surface area contributed by atoms with Crippen LogP contribution >= 0.6 is 11.8 Å². The third-order valence-corrected chi connectivity index (χ3v) is 8.32. The van der Waals surface area contributed by atoms with E-state index < -0.39 is 0 Å². The van der Waals surface area contributed by atoms with Crippen molar-refractivity contribution in [3.05, 3.63) is 150 Å². The van der Waals surface area contributed by atoms with Crippen LogP contribution in [0.15, 0.2) is 138 Å². The van der Waals surface area contributed by atoms with Gasteiger partial charge in [-0.2, -0.15) is 0 Å². The second-order valence-corrected chi connectivity index (χ2v) is 11.2. The van der Waals surface area contributed by atoms with Gasteiger partial charge in [0.2, 0.25) is 0 Å². The molecule has 0 bridgehead atoms. The number of allylic oxidation sites excluding steroid dienone is 1. The average molecular weight is 561 g/mol. The molecule has 0 unspecified atom stereocenters. The molecule has 5 heteroatoms. The molecule has 0 spiro atoms. The molecule has 4 nitrogen and oxygen atoms in total. The van der Waals surface area contributed by atoms with E-state index in [1.54, 1.807) is 11.8 Å². The lowest BCUT2D eigenvalue weighted by atomic mass is 9.89. The van der Waals surface area contributed by atoms with E-state index in [9.17, 15) is 0 Å². The summed E-state index contributed by atoms with van der Waals surface area (Å²) in [6, 6.07) is 40.8. The summed E-state index contributed by atoms with van der Waals surface area (Å²) in [6.07, 6.45) is 1.06. The molecule has 2 saturated heterocycles. The molecule has 0 N–H and O–H groups in total. The Bertz CT molecular complexity index is 1470. The standard InChI is InChI=1S/C36H32O4S/c1-5-14-27(15-6-1)20-13-23-31-33-32(26-37-31)40-36(41-30-21-11-4-12-22-30)35(39-25-29-18-9-3-10-19-29)34(33)38-24-28-16-7-2-8-17-28/h1-12,14-19,21-23,32-36H,24-26H2/b31-23-/t32-,33+,34+,35-,36-/m1/s1. The Balaban J connectivity index is 1.32. The summed E-state index contributed by atoms with van der Waals surface area (Å²) in [7, 11) is 0. The fourth-order valence-electron chi connectivity index (χ4n) is 5.15. The first-order chi connectivity index (χ1) is 20.3. The maximum absolute atomic E-state index is 6.76. The van der Waals surface area contributed by atoms with Crippen molar-refractivity contribution in [2.45, 2.75) is 41.9 Å². The maximum atomic E-state index is 6.76. The minimum atomic E-state index is -0.349. The molecule has 2 fully saturated rings. The quantitative estimate of drug-likeness (QED) is 0.212. The fraction of sp³-hybridized carbons (Fsp3) is 0.222. The number of fused-ring (bicyclic) bond motifs is 1. The Morgan fingerprint density at radius 1 is 0.707 bits per heavy atom. The zero-order chi connectivity index (χ0) is 27.7. The van der Waals surface area contributed by atoms with Gasteiger partial charge in [0.25, 0.3) is 0 Å². The van der Waals surface area contributed by atoms with E-state index in [-0.39, 0.29) is 29.7 Å². The first-order valence-corrected chi connectivity index (χ1v) is 14.8. The summed E-state index contributed by atoms with van der Waals surface area (Å²) in [6.45, 7) is 1.37. The summed E-state index contributed by atoms with van der Waals surface area (Å²) >= 11 is 1.67. The second kappa shape index (κ2) is 13.7. The molecule has 0 aliphatic carbocycles. The van der Waals surface area contributed by atoms with Crippen molar-refractivity contribution in [2.24, 2.45) is 5.92 Å². The minimum Gasteiger partial charge on any atom is -0.494 e. The maximum Gasteiger partial charge on any atom is 0.136 e. The molecule has 0 saturated carbocycles.